The van der Waals surface area contributed by atoms with Crippen molar-refractivity contribution < 1.29 is 9.47 Å². The topological polar surface area (TPSA) is 70.0 Å². The summed E-state index contributed by atoms with van der Waals surface area (Å²) in [5.41, 5.74) is 2.18. The van der Waals surface area contributed by atoms with Gasteiger partial charge in [0.15, 0.2) is 23.1 Å². The smallest absolute Gasteiger partial charge is 0.197 e. The van der Waals surface area contributed by atoms with Crippen molar-refractivity contribution in [2.75, 3.05) is 14.2 Å². The standard InChI is InChI=1S/C19H17ClN4O2/c1-25-16-12(4-5-15(20)17(16)26-2)14-8-13(14)11-9-23-19(24-10-11)18-21-6-3-7-22-18/h3-7,9-10,13-14H,8H2,1-2H3/t13-,14-/m0/s1. The van der Waals surface area contributed by atoms with E-state index in [4.69, 9.17) is 21.1 Å². The number of ether oxygens (including phenoxy) is 2. The molecule has 0 bridgehead atoms. The highest BCUT2D eigenvalue weighted by atomic mass is 35.5. The van der Waals surface area contributed by atoms with Crippen molar-refractivity contribution in [3.8, 4) is 23.1 Å². The first-order valence-electron chi connectivity index (χ1n) is 8.22. The first-order valence-corrected chi connectivity index (χ1v) is 8.60. The fraction of sp³-hybridized carbons (Fsp3) is 0.263. The Balaban J connectivity index is 1.58. The summed E-state index contributed by atoms with van der Waals surface area (Å²) in [7, 11) is 3.23. The van der Waals surface area contributed by atoms with Crippen LogP contribution in [0.5, 0.6) is 11.5 Å². The molecule has 3 aromatic rings. The number of halogens is 1. The third-order valence-electron chi connectivity index (χ3n) is 4.56. The van der Waals surface area contributed by atoms with E-state index in [0.29, 0.717) is 40.0 Å². The van der Waals surface area contributed by atoms with Crippen LogP contribution in [0.15, 0.2) is 43.0 Å². The van der Waals surface area contributed by atoms with Gasteiger partial charge >= 0.3 is 0 Å². The first-order chi connectivity index (χ1) is 12.7. The Morgan fingerprint density at radius 3 is 2.19 bits per heavy atom. The minimum atomic E-state index is 0.332. The zero-order chi connectivity index (χ0) is 18.1. The molecule has 0 spiro atoms. The van der Waals surface area contributed by atoms with E-state index in [9.17, 15) is 0 Å². The summed E-state index contributed by atoms with van der Waals surface area (Å²) in [6, 6.07) is 5.61. The minimum absolute atomic E-state index is 0.332. The van der Waals surface area contributed by atoms with E-state index in [-0.39, 0.29) is 0 Å². The lowest BCUT2D eigenvalue weighted by Gasteiger charge is -2.14. The van der Waals surface area contributed by atoms with Crippen molar-refractivity contribution in [1.82, 2.24) is 19.9 Å². The predicted molar refractivity (Wildman–Crippen MR) is 97.7 cm³/mol. The molecule has 0 amide bonds. The first kappa shape index (κ1) is 16.7. The van der Waals surface area contributed by atoms with Gasteiger partial charge in [0.1, 0.15) is 0 Å². The monoisotopic (exact) mass is 368 g/mol. The molecule has 0 unspecified atom stereocenters. The highest BCUT2D eigenvalue weighted by Gasteiger charge is 2.42. The summed E-state index contributed by atoms with van der Waals surface area (Å²) >= 11 is 6.20. The van der Waals surface area contributed by atoms with Crippen LogP contribution < -0.4 is 9.47 Å². The van der Waals surface area contributed by atoms with E-state index < -0.39 is 0 Å². The van der Waals surface area contributed by atoms with Gasteiger partial charge in [-0.25, -0.2) is 19.9 Å². The van der Waals surface area contributed by atoms with Crippen LogP contribution in [0.2, 0.25) is 5.02 Å². The van der Waals surface area contributed by atoms with Crippen LogP contribution in [0.25, 0.3) is 11.6 Å². The number of methoxy groups -OCH3 is 2. The molecule has 1 saturated carbocycles. The maximum atomic E-state index is 6.20. The van der Waals surface area contributed by atoms with Gasteiger partial charge in [-0.15, -0.1) is 0 Å². The number of hydrogen-bond acceptors (Lipinski definition) is 6. The van der Waals surface area contributed by atoms with Gasteiger partial charge in [-0.3, -0.25) is 0 Å². The summed E-state index contributed by atoms with van der Waals surface area (Å²) in [6.07, 6.45) is 8.06. The van der Waals surface area contributed by atoms with Gasteiger partial charge in [-0.1, -0.05) is 17.7 Å². The average molecular weight is 369 g/mol. The van der Waals surface area contributed by atoms with E-state index >= 15 is 0 Å². The van der Waals surface area contributed by atoms with Crippen LogP contribution in [0.3, 0.4) is 0 Å². The summed E-state index contributed by atoms with van der Waals surface area (Å²) in [5.74, 6) is 3.00. The van der Waals surface area contributed by atoms with Crippen LogP contribution in [-0.2, 0) is 0 Å². The molecule has 1 fully saturated rings. The van der Waals surface area contributed by atoms with Crippen molar-refractivity contribution in [1.29, 1.82) is 0 Å². The molecule has 6 nitrogen and oxygen atoms in total. The second kappa shape index (κ2) is 6.88. The highest BCUT2D eigenvalue weighted by Crippen LogP contribution is 2.58. The highest BCUT2D eigenvalue weighted by molar-refractivity contribution is 6.32. The number of nitrogens with zero attached hydrogens (tertiary/aromatic N) is 4. The molecule has 4 rings (SSSR count). The third kappa shape index (κ3) is 2.97. The van der Waals surface area contributed by atoms with E-state index in [1.165, 1.54) is 0 Å². The maximum absolute atomic E-state index is 6.20. The van der Waals surface area contributed by atoms with Crippen LogP contribution >= 0.6 is 11.6 Å². The van der Waals surface area contributed by atoms with Crippen LogP contribution in [0, 0.1) is 0 Å². The molecule has 0 radical (unpaired) electrons. The Morgan fingerprint density at radius 1 is 0.885 bits per heavy atom. The number of aromatic nitrogens is 4. The lowest BCUT2D eigenvalue weighted by Crippen LogP contribution is -1.98. The number of benzene rings is 1. The van der Waals surface area contributed by atoms with Crippen LogP contribution in [-0.4, -0.2) is 34.2 Å². The van der Waals surface area contributed by atoms with Crippen molar-refractivity contribution in [3.05, 3.63) is 59.1 Å². The molecule has 7 heteroatoms. The van der Waals surface area contributed by atoms with E-state index in [2.05, 4.69) is 19.9 Å². The molecule has 0 saturated heterocycles. The minimum Gasteiger partial charge on any atom is -0.493 e. The lowest BCUT2D eigenvalue weighted by molar-refractivity contribution is 0.352. The van der Waals surface area contributed by atoms with Crippen molar-refractivity contribution in [2.24, 2.45) is 0 Å². The summed E-state index contributed by atoms with van der Waals surface area (Å²) in [5, 5.41) is 0.542. The molecule has 1 aromatic carbocycles. The zero-order valence-corrected chi connectivity index (χ0v) is 15.1. The van der Waals surface area contributed by atoms with Gasteiger partial charge in [0, 0.05) is 30.4 Å². The maximum Gasteiger partial charge on any atom is 0.197 e. The molecule has 132 valence electrons. The number of hydrogen-bond donors (Lipinski definition) is 0. The predicted octanol–water partition coefficient (Wildman–Crippen LogP) is 3.88. The fourth-order valence-corrected chi connectivity index (χ4v) is 3.44. The Bertz CT molecular complexity index is 919. The summed E-state index contributed by atoms with van der Waals surface area (Å²) in [6.45, 7) is 0. The summed E-state index contributed by atoms with van der Waals surface area (Å²) < 4.78 is 10.9. The van der Waals surface area contributed by atoms with Gasteiger partial charge in [0.05, 0.1) is 19.2 Å². The fourth-order valence-electron chi connectivity index (χ4n) is 3.21. The van der Waals surface area contributed by atoms with Crippen LogP contribution in [0.1, 0.15) is 29.4 Å². The van der Waals surface area contributed by atoms with Gasteiger partial charge in [0.2, 0.25) is 0 Å². The molecular weight excluding hydrogens is 352 g/mol. The van der Waals surface area contributed by atoms with Gasteiger partial charge < -0.3 is 9.47 Å². The molecule has 1 aliphatic carbocycles. The molecule has 2 heterocycles. The molecule has 1 aliphatic rings. The normalized spacial score (nSPS) is 18.4. The van der Waals surface area contributed by atoms with Gasteiger partial charge in [-0.05, 0) is 36.0 Å². The van der Waals surface area contributed by atoms with E-state index in [1.54, 1.807) is 32.7 Å². The second-order valence-corrected chi connectivity index (χ2v) is 6.47. The van der Waals surface area contributed by atoms with E-state index in [0.717, 1.165) is 17.5 Å². The average Bonchev–Trinajstić information content (AvgIpc) is 3.49. The Hall–Kier alpha value is -2.73. The molecule has 2 atom stereocenters. The second-order valence-electron chi connectivity index (χ2n) is 6.06. The molecule has 2 aromatic heterocycles. The van der Waals surface area contributed by atoms with Crippen LogP contribution in [0.4, 0.5) is 0 Å². The largest absolute Gasteiger partial charge is 0.493 e. The quantitative estimate of drug-likeness (QED) is 0.680. The Kier molecular flexibility index (Phi) is 4.42. The molecular formula is C19H17ClN4O2. The van der Waals surface area contributed by atoms with E-state index in [1.807, 2.05) is 24.5 Å². The Morgan fingerprint density at radius 2 is 1.54 bits per heavy atom. The Labute approximate surface area is 156 Å². The van der Waals surface area contributed by atoms with Gasteiger partial charge in [-0.2, -0.15) is 0 Å². The zero-order valence-electron chi connectivity index (χ0n) is 14.4. The number of rotatable bonds is 5. The molecule has 26 heavy (non-hydrogen) atoms. The SMILES string of the molecule is COc1c(Cl)ccc([C@@H]2C[C@H]2c2cnc(-c3ncccn3)nc2)c1OC. The van der Waals surface area contributed by atoms with Crippen molar-refractivity contribution >= 4 is 11.6 Å². The molecule has 0 aliphatic heterocycles. The van der Waals surface area contributed by atoms with Crippen molar-refractivity contribution in [3.63, 3.8) is 0 Å². The molecule has 0 N–H and O–H groups in total. The van der Waals surface area contributed by atoms with Crippen molar-refractivity contribution in [2.45, 2.75) is 18.3 Å². The lowest BCUT2D eigenvalue weighted by atomic mass is 10.0. The third-order valence-corrected chi connectivity index (χ3v) is 4.86. The summed E-state index contributed by atoms with van der Waals surface area (Å²) in [4.78, 5) is 17.2. The van der Waals surface area contributed by atoms with Gasteiger partial charge in [0.25, 0.3) is 0 Å².